The standard InChI is InChI=1S/C45H48ClF2N11O4/c1-53(2)44(62)36-24-33-31(22-30(41(48)42(33)51-36)29-7-3-12-56(27-29)40(61)10-16-57-13-5-11-50-57)32-23-35(47)37(25-34(32)46)55-20-18-54(19-21-55)15-8-28-6-4-14-58-39(26-49-43(28)58)59-17-9-38(60)52-45(59)63/h4-6,11,13-14,22-26,29,51H,3,7-10,12,15-21,27H2,1-2H3,(H,52,60,63)/t29-/m0/s1. The quantitative estimate of drug-likeness (QED) is 0.163. The number of carbonyl (C=O) groups is 4. The fourth-order valence-electron chi connectivity index (χ4n) is 9.13. The summed E-state index contributed by atoms with van der Waals surface area (Å²) in [5, 5.41) is 7.25. The van der Waals surface area contributed by atoms with Crippen molar-refractivity contribution in [3.05, 3.63) is 101 Å². The smallest absolute Gasteiger partial charge is 0.329 e. The maximum atomic E-state index is 16.7. The van der Waals surface area contributed by atoms with Crippen LogP contribution in [0.2, 0.25) is 5.02 Å². The number of aryl methyl sites for hydroxylation is 1. The van der Waals surface area contributed by atoms with Gasteiger partial charge in [0.1, 0.15) is 23.0 Å². The number of anilines is 2. The lowest BCUT2D eigenvalue weighted by molar-refractivity contribution is -0.132. The first-order valence-corrected chi connectivity index (χ1v) is 21.7. The maximum absolute atomic E-state index is 16.7. The van der Waals surface area contributed by atoms with Crippen LogP contribution in [0.3, 0.4) is 0 Å². The van der Waals surface area contributed by atoms with Crippen LogP contribution in [-0.2, 0) is 22.6 Å². The van der Waals surface area contributed by atoms with Crippen molar-refractivity contribution < 1.29 is 28.0 Å². The van der Waals surface area contributed by atoms with Gasteiger partial charge in [-0.15, -0.1) is 0 Å². The summed E-state index contributed by atoms with van der Waals surface area (Å²) in [6, 6.07) is 11.6. The number of imidazole rings is 1. The minimum atomic E-state index is -0.509. The predicted molar refractivity (Wildman–Crippen MR) is 235 cm³/mol. The number of pyridine rings is 1. The van der Waals surface area contributed by atoms with Gasteiger partial charge < -0.3 is 19.7 Å². The van der Waals surface area contributed by atoms with Gasteiger partial charge in [0.05, 0.1) is 22.4 Å². The van der Waals surface area contributed by atoms with E-state index < -0.39 is 17.7 Å². The van der Waals surface area contributed by atoms with E-state index in [9.17, 15) is 19.2 Å². The molecule has 9 rings (SSSR count). The Morgan fingerprint density at radius 2 is 1.79 bits per heavy atom. The van der Waals surface area contributed by atoms with Gasteiger partial charge in [0, 0.05) is 121 Å². The van der Waals surface area contributed by atoms with Crippen LogP contribution in [0.1, 0.15) is 53.2 Å². The van der Waals surface area contributed by atoms with Crippen LogP contribution < -0.4 is 15.1 Å². The molecule has 0 unspecified atom stereocenters. The molecular formula is C45H48ClF2N11O4. The van der Waals surface area contributed by atoms with Crippen LogP contribution in [0, 0.1) is 11.6 Å². The molecule has 6 aromatic rings. The number of nitrogens with one attached hydrogen (secondary N) is 2. The van der Waals surface area contributed by atoms with Crippen molar-refractivity contribution in [2.24, 2.45) is 0 Å². The topological polar surface area (TPSA) is 147 Å². The Bertz CT molecular complexity index is 2730. The summed E-state index contributed by atoms with van der Waals surface area (Å²) in [6.45, 7) is 4.84. The number of rotatable bonds is 11. The molecule has 0 radical (unpaired) electrons. The molecule has 328 valence electrons. The molecule has 3 saturated heterocycles. The lowest BCUT2D eigenvalue weighted by Gasteiger charge is -2.36. The number of carbonyl (C=O) groups excluding carboxylic acids is 4. The average molecular weight is 880 g/mol. The Labute approximate surface area is 367 Å². The molecule has 1 atom stereocenters. The number of urea groups is 1. The number of halogens is 3. The number of aromatic amines is 1. The minimum absolute atomic E-state index is 0.0372. The van der Waals surface area contributed by atoms with Crippen molar-refractivity contribution in [2.75, 3.05) is 76.3 Å². The van der Waals surface area contributed by atoms with Gasteiger partial charge in [0.15, 0.2) is 5.82 Å². The van der Waals surface area contributed by atoms with E-state index in [4.69, 9.17) is 11.6 Å². The lowest BCUT2D eigenvalue weighted by atomic mass is 9.86. The molecule has 0 aliphatic carbocycles. The van der Waals surface area contributed by atoms with Gasteiger partial charge in [-0.1, -0.05) is 17.7 Å². The van der Waals surface area contributed by atoms with Gasteiger partial charge in [0.2, 0.25) is 11.8 Å². The van der Waals surface area contributed by atoms with Crippen molar-refractivity contribution >= 4 is 63.4 Å². The van der Waals surface area contributed by atoms with E-state index in [1.54, 1.807) is 60.3 Å². The molecule has 15 nitrogen and oxygen atoms in total. The van der Waals surface area contributed by atoms with Crippen molar-refractivity contribution in [3.8, 4) is 11.1 Å². The molecule has 0 bridgehead atoms. The van der Waals surface area contributed by atoms with Crippen LogP contribution in [0.15, 0.2) is 67.3 Å². The molecule has 63 heavy (non-hydrogen) atoms. The number of fused-ring (bicyclic) bond motifs is 2. The third kappa shape index (κ3) is 8.34. The first-order valence-electron chi connectivity index (χ1n) is 21.3. The monoisotopic (exact) mass is 879 g/mol. The van der Waals surface area contributed by atoms with Crippen LogP contribution in [0.4, 0.5) is 25.1 Å². The highest BCUT2D eigenvalue weighted by Gasteiger charge is 2.31. The number of aromatic nitrogens is 5. The zero-order chi connectivity index (χ0) is 43.9. The first-order chi connectivity index (χ1) is 30.4. The van der Waals surface area contributed by atoms with Crippen molar-refractivity contribution in [3.63, 3.8) is 0 Å². The molecule has 3 aliphatic rings. The molecule has 0 spiro atoms. The first kappa shape index (κ1) is 42.0. The van der Waals surface area contributed by atoms with Crippen molar-refractivity contribution in [2.45, 2.75) is 44.6 Å². The predicted octanol–water partition coefficient (Wildman–Crippen LogP) is 5.92. The third-order valence-corrected chi connectivity index (χ3v) is 12.8. The summed E-state index contributed by atoms with van der Waals surface area (Å²) in [5.41, 5.74) is 3.69. The van der Waals surface area contributed by atoms with Crippen LogP contribution in [0.25, 0.3) is 27.7 Å². The highest BCUT2D eigenvalue weighted by molar-refractivity contribution is 6.34. The number of nitrogens with zero attached hydrogens (tertiary/aromatic N) is 9. The number of imide groups is 1. The molecule has 2 N–H and O–H groups in total. The summed E-state index contributed by atoms with van der Waals surface area (Å²) in [5.74, 6) is -1.39. The van der Waals surface area contributed by atoms with E-state index in [-0.39, 0.29) is 59.3 Å². The Morgan fingerprint density at radius 1 is 0.968 bits per heavy atom. The zero-order valence-electron chi connectivity index (χ0n) is 35.1. The van der Waals surface area contributed by atoms with Crippen LogP contribution in [0.5, 0.6) is 0 Å². The number of piperazine rings is 1. The summed E-state index contributed by atoms with van der Waals surface area (Å²) >= 11 is 7.06. The molecule has 0 saturated carbocycles. The summed E-state index contributed by atoms with van der Waals surface area (Å²) in [4.78, 5) is 67.3. The van der Waals surface area contributed by atoms with E-state index in [2.05, 4.69) is 25.3 Å². The number of benzene rings is 2. The molecular weight excluding hydrogens is 832 g/mol. The van der Waals surface area contributed by atoms with E-state index in [1.165, 1.54) is 15.9 Å². The number of amides is 5. The summed E-state index contributed by atoms with van der Waals surface area (Å²) in [7, 11) is 3.23. The summed E-state index contributed by atoms with van der Waals surface area (Å²) < 4.78 is 36.7. The number of H-pyrrole nitrogens is 1. The molecule has 2 aromatic carbocycles. The van der Waals surface area contributed by atoms with E-state index in [0.29, 0.717) is 98.7 Å². The maximum Gasteiger partial charge on any atom is 0.329 e. The minimum Gasteiger partial charge on any atom is -0.367 e. The van der Waals surface area contributed by atoms with Gasteiger partial charge in [-0.2, -0.15) is 5.10 Å². The van der Waals surface area contributed by atoms with E-state index in [0.717, 1.165) is 17.8 Å². The van der Waals surface area contributed by atoms with Gasteiger partial charge >= 0.3 is 6.03 Å². The fraction of sp³-hybridized carbons (Fsp3) is 0.378. The molecule has 5 amide bonds. The number of hydrogen-bond donors (Lipinski definition) is 2. The Morgan fingerprint density at radius 3 is 2.56 bits per heavy atom. The van der Waals surface area contributed by atoms with E-state index in [1.807, 2.05) is 33.8 Å². The number of piperidine rings is 1. The van der Waals surface area contributed by atoms with Gasteiger partial charge in [0.25, 0.3) is 5.91 Å². The average Bonchev–Trinajstić information content (AvgIpc) is 4.07. The second-order valence-corrected chi connectivity index (χ2v) is 17.1. The second-order valence-electron chi connectivity index (χ2n) is 16.7. The Kier molecular flexibility index (Phi) is 11.6. The molecule has 3 fully saturated rings. The van der Waals surface area contributed by atoms with Crippen LogP contribution >= 0.6 is 11.6 Å². The highest BCUT2D eigenvalue weighted by atomic mass is 35.5. The molecule has 7 heterocycles. The largest absolute Gasteiger partial charge is 0.367 e. The zero-order valence-corrected chi connectivity index (χ0v) is 35.9. The Hall–Kier alpha value is -6.33. The van der Waals surface area contributed by atoms with Crippen molar-refractivity contribution in [1.82, 2.24) is 44.2 Å². The Balaban J connectivity index is 0.922. The normalized spacial score (nSPS) is 17.5. The number of hydrogen-bond acceptors (Lipinski definition) is 8. The molecule has 3 aliphatic heterocycles. The van der Waals surface area contributed by atoms with Gasteiger partial charge in [-0.25, -0.2) is 18.6 Å². The molecule has 4 aromatic heterocycles. The number of likely N-dealkylation sites (tertiary alicyclic amines) is 1. The molecule has 18 heteroatoms. The SMILES string of the molecule is CN(C)C(=O)c1cc2c(-c3cc(F)c(N4CCN(CCc5cccn6c(N7CCC(=O)NC7=O)cnc56)CC4)cc3Cl)cc([C@H]3CCCN(C(=O)CCn4cccn4)C3)c(F)c2[nH]1. The highest BCUT2D eigenvalue weighted by Crippen LogP contribution is 2.42. The fourth-order valence-corrected chi connectivity index (χ4v) is 9.39. The van der Waals surface area contributed by atoms with Crippen LogP contribution in [-0.4, -0.2) is 129 Å². The lowest BCUT2D eigenvalue weighted by Crippen LogP contribution is -2.50. The second kappa shape index (κ2) is 17.4. The van der Waals surface area contributed by atoms with Crippen molar-refractivity contribution in [1.29, 1.82) is 0 Å². The van der Waals surface area contributed by atoms with Gasteiger partial charge in [-0.3, -0.25) is 38.6 Å². The third-order valence-electron chi connectivity index (χ3n) is 12.5. The van der Waals surface area contributed by atoms with E-state index >= 15 is 8.78 Å². The van der Waals surface area contributed by atoms with Gasteiger partial charge in [-0.05, 0) is 72.4 Å². The summed E-state index contributed by atoms with van der Waals surface area (Å²) in [6.07, 6.45) is 9.50.